The summed E-state index contributed by atoms with van der Waals surface area (Å²) in [5.74, 6) is 0. The van der Waals surface area contributed by atoms with E-state index in [1.54, 1.807) is 0 Å². The van der Waals surface area contributed by atoms with Gasteiger partial charge in [0.1, 0.15) is 10.8 Å². The fourth-order valence-corrected chi connectivity index (χ4v) is 2.82. The highest BCUT2D eigenvalue weighted by Crippen LogP contribution is 2.48. The fourth-order valence-electron chi connectivity index (χ4n) is 1.39. The van der Waals surface area contributed by atoms with Gasteiger partial charge in [-0.2, -0.15) is 10.5 Å². The second-order valence-electron chi connectivity index (χ2n) is 3.13. The van der Waals surface area contributed by atoms with Crippen LogP contribution in [0.3, 0.4) is 0 Å². The maximum absolute atomic E-state index is 8.87. The largest absolute Gasteiger partial charge is 0.316 e. The van der Waals surface area contributed by atoms with E-state index in [9.17, 15) is 0 Å². The Hall–Kier alpha value is -0.710. The van der Waals surface area contributed by atoms with Crippen LogP contribution in [0, 0.1) is 21.3 Å². The topological polar surface area (TPSA) is 59.6 Å². The lowest BCUT2D eigenvalue weighted by Gasteiger charge is -2.32. The minimum atomic E-state index is -1.67. The monoisotopic (exact) mass is 183 g/mol. The molecule has 3 nitrogen and oxygen atoms in total. The van der Waals surface area contributed by atoms with Crippen molar-refractivity contribution in [2.75, 3.05) is 19.3 Å². The molecule has 0 spiro atoms. The molecule has 1 fully saturated rings. The van der Waals surface area contributed by atoms with Gasteiger partial charge < -0.3 is 5.32 Å². The maximum Gasteiger partial charge on any atom is 0.126 e. The standard InChI is InChI=1S/C8H13N3S/c1-12(6-9,7-10)8-3-2-4-11-5-8/h8,11H,2-5H2,1H3. The SMILES string of the molecule is CS(C#N)(C#N)C1CCCNC1. The first-order valence-electron chi connectivity index (χ1n) is 4.02. The summed E-state index contributed by atoms with van der Waals surface area (Å²) in [6.07, 6.45) is 3.93. The molecule has 1 unspecified atom stereocenters. The first kappa shape index (κ1) is 9.38. The molecule has 1 aliphatic rings. The first-order chi connectivity index (χ1) is 5.73. The molecule has 1 rings (SSSR count). The Morgan fingerprint density at radius 2 is 2.08 bits per heavy atom. The van der Waals surface area contributed by atoms with E-state index in [2.05, 4.69) is 16.1 Å². The van der Waals surface area contributed by atoms with E-state index in [1.165, 1.54) is 0 Å². The van der Waals surface area contributed by atoms with Crippen molar-refractivity contribution in [1.82, 2.24) is 5.32 Å². The molecule has 4 heteroatoms. The third kappa shape index (κ3) is 1.72. The zero-order chi connectivity index (χ0) is 9.03. The van der Waals surface area contributed by atoms with E-state index >= 15 is 0 Å². The molecule has 0 aliphatic carbocycles. The second-order valence-corrected chi connectivity index (χ2v) is 6.13. The molecule has 0 amide bonds. The molecule has 0 saturated carbocycles. The second kappa shape index (κ2) is 3.80. The molecule has 1 N–H and O–H groups in total. The number of hydrogen-bond acceptors (Lipinski definition) is 3. The van der Waals surface area contributed by atoms with Crippen LogP contribution in [-0.4, -0.2) is 24.6 Å². The van der Waals surface area contributed by atoms with Crippen molar-refractivity contribution in [3.05, 3.63) is 0 Å². The van der Waals surface area contributed by atoms with Crippen LogP contribution in [0.4, 0.5) is 0 Å². The first-order valence-corrected chi connectivity index (χ1v) is 6.13. The van der Waals surface area contributed by atoms with Crippen molar-refractivity contribution >= 4 is 10.0 Å². The Kier molecular flexibility index (Phi) is 2.97. The van der Waals surface area contributed by atoms with Gasteiger partial charge in [-0.25, -0.2) is 0 Å². The number of hydrogen-bond donors (Lipinski definition) is 1. The van der Waals surface area contributed by atoms with Crippen LogP contribution in [0.15, 0.2) is 0 Å². The van der Waals surface area contributed by atoms with Gasteiger partial charge in [0.25, 0.3) is 0 Å². The van der Waals surface area contributed by atoms with Gasteiger partial charge in [-0.1, -0.05) is 10.0 Å². The quantitative estimate of drug-likeness (QED) is 0.620. The van der Waals surface area contributed by atoms with Crippen molar-refractivity contribution < 1.29 is 0 Å². The van der Waals surface area contributed by atoms with Crippen molar-refractivity contribution in [3.63, 3.8) is 0 Å². The summed E-state index contributed by atoms with van der Waals surface area (Å²) in [5.41, 5.74) is 0. The summed E-state index contributed by atoms with van der Waals surface area (Å²) in [7, 11) is -1.67. The number of rotatable bonds is 1. The molecule has 1 saturated heterocycles. The zero-order valence-electron chi connectivity index (χ0n) is 7.21. The van der Waals surface area contributed by atoms with Gasteiger partial charge in [-0.3, -0.25) is 0 Å². The Labute approximate surface area is 74.7 Å². The minimum Gasteiger partial charge on any atom is -0.316 e. The van der Waals surface area contributed by atoms with Crippen LogP contribution in [0.5, 0.6) is 0 Å². The molecular weight excluding hydrogens is 170 g/mol. The Morgan fingerprint density at radius 3 is 2.50 bits per heavy atom. The predicted octanol–water partition coefficient (Wildman–Crippen LogP) is 1.13. The molecule has 0 radical (unpaired) electrons. The van der Waals surface area contributed by atoms with Crippen LogP contribution in [0.25, 0.3) is 0 Å². The summed E-state index contributed by atoms with van der Waals surface area (Å²) < 4.78 is 0. The lowest BCUT2D eigenvalue weighted by molar-refractivity contribution is 0.529. The lowest BCUT2D eigenvalue weighted by Crippen LogP contribution is -2.35. The van der Waals surface area contributed by atoms with Crippen LogP contribution in [-0.2, 0) is 0 Å². The van der Waals surface area contributed by atoms with Crippen LogP contribution in [0.1, 0.15) is 12.8 Å². The smallest absolute Gasteiger partial charge is 0.126 e. The van der Waals surface area contributed by atoms with Crippen LogP contribution >= 0.6 is 10.0 Å². The van der Waals surface area contributed by atoms with E-state index in [4.69, 9.17) is 10.5 Å². The highest BCUT2D eigenvalue weighted by atomic mass is 32.3. The molecule has 1 aliphatic heterocycles. The van der Waals surface area contributed by atoms with E-state index in [0.29, 0.717) is 0 Å². The number of nitrogens with zero attached hydrogens (tertiary/aromatic N) is 2. The maximum atomic E-state index is 8.87. The Balaban J connectivity index is 2.67. The average Bonchev–Trinajstić information content (AvgIpc) is 2.18. The summed E-state index contributed by atoms with van der Waals surface area (Å²) in [5, 5.41) is 25.6. The molecule has 0 aromatic heterocycles. The molecule has 66 valence electrons. The van der Waals surface area contributed by atoms with Gasteiger partial charge in [-0.15, -0.1) is 0 Å². The number of thiocyanates is 2. The summed E-state index contributed by atoms with van der Waals surface area (Å²) >= 11 is 0. The number of nitriles is 2. The minimum absolute atomic E-state index is 0.279. The van der Waals surface area contributed by atoms with Crippen molar-refractivity contribution in [3.8, 4) is 10.8 Å². The van der Waals surface area contributed by atoms with Crippen molar-refractivity contribution in [2.24, 2.45) is 0 Å². The van der Waals surface area contributed by atoms with Crippen molar-refractivity contribution in [1.29, 1.82) is 10.5 Å². The summed E-state index contributed by atoms with van der Waals surface area (Å²) in [6, 6.07) is 0. The van der Waals surface area contributed by atoms with E-state index < -0.39 is 10.0 Å². The molecule has 1 atom stereocenters. The van der Waals surface area contributed by atoms with Gasteiger partial charge in [0.15, 0.2) is 0 Å². The molecule has 12 heavy (non-hydrogen) atoms. The van der Waals surface area contributed by atoms with Gasteiger partial charge in [0.05, 0.1) is 0 Å². The highest BCUT2D eigenvalue weighted by molar-refractivity contribution is 8.40. The zero-order valence-corrected chi connectivity index (χ0v) is 8.02. The number of nitrogens with one attached hydrogen (secondary N) is 1. The van der Waals surface area contributed by atoms with Gasteiger partial charge >= 0.3 is 0 Å². The third-order valence-corrected chi connectivity index (χ3v) is 4.79. The normalized spacial score (nSPS) is 25.4. The van der Waals surface area contributed by atoms with E-state index in [-0.39, 0.29) is 5.25 Å². The molecule has 0 aromatic rings. The molecule has 0 aromatic carbocycles. The summed E-state index contributed by atoms with van der Waals surface area (Å²) in [4.78, 5) is 0. The van der Waals surface area contributed by atoms with E-state index in [0.717, 1.165) is 25.9 Å². The predicted molar refractivity (Wildman–Crippen MR) is 50.6 cm³/mol. The lowest BCUT2D eigenvalue weighted by atomic mass is 10.2. The van der Waals surface area contributed by atoms with Gasteiger partial charge in [0.2, 0.25) is 0 Å². The summed E-state index contributed by atoms with van der Waals surface area (Å²) in [6.45, 7) is 1.87. The van der Waals surface area contributed by atoms with Crippen LogP contribution < -0.4 is 5.32 Å². The molecule has 1 heterocycles. The van der Waals surface area contributed by atoms with Crippen molar-refractivity contribution in [2.45, 2.75) is 18.1 Å². The van der Waals surface area contributed by atoms with Gasteiger partial charge in [-0.05, 0) is 25.6 Å². The average molecular weight is 183 g/mol. The third-order valence-electron chi connectivity index (χ3n) is 2.30. The van der Waals surface area contributed by atoms with Crippen LogP contribution in [0.2, 0.25) is 0 Å². The Morgan fingerprint density at radius 1 is 1.42 bits per heavy atom. The number of piperidine rings is 1. The highest BCUT2D eigenvalue weighted by Gasteiger charge is 2.30. The molecular formula is C8H13N3S. The fraction of sp³-hybridized carbons (Fsp3) is 0.750. The Bertz CT molecular complexity index is 218. The molecule has 0 bridgehead atoms. The van der Waals surface area contributed by atoms with Gasteiger partial charge in [0, 0.05) is 11.8 Å². The van der Waals surface area contributed by atoms with E-state index in [1.807, 2.05) is 6.26 Å².